The van der Waals surface area contributed by atoms with Crippen molar-refractivity contribution in [3.8, 4) is 5.75 Å². The largest absolute Gasteiger partial charge is 0.489 e. The van der Waals surface area contributed by atoms with Crippen LogP contribution in [0, 0.1) is 11.7 Å². The number of nitrogens with one attached hydrogen (secondary N) is 1. The van der Waals surface area contributed by atoms with Gasteiger partial charge in [-0.25, -0.2) is 4.39 Å². The van der Waals surface area contributed by atoms with Crippen molar-refractivity contribution < 1.29 is 9.13 Å². The predicted octanol–water partition coefficient (Wildman–Crippen LogP) is 3.45. The van der Waals surface area contributed by atoms with Gasteiger partial charge in [0, 0.05) is 20.6 Å². The van der Waals surface area contributed by atoms with Crippen LogP contribution in [0.3, 0.4) is 0 Å². The van der Waals surface area contributed by atoms with Gasteiger partial charge >= 0.3 is 0 Å². The fourth-order valence-corrected chi connectivity index (χ4v) is 3.32. The van der Waals surface area contributed by atoms with Crippen LogP contribution in [0.2, 0.25) is 0 Å². The smallest absolute Gasteiger partial charge is 0.193 e. The molecule has 0 bridgehead atoms. The van der Waals surface area contributed by atoms with Gasteiger partial charge in [0.2, 0.25) is 0 Å². The second kappa shape index (κ2) is 13.1. The van der Waals surface area contributed by atoms with Gasteiger partial charge in [0.05, 0.1) is 6.54 Å². The summed E-state index contributed by atoms with van der Waals surface area (Å²) in [5.41, 5.74) is 0. The Kier molecular flexibility index (Phi) is 11.7. The van der Waals surface area contributed by atoms with Crippen LogP contribution in [0.15, 0.2) is 29.3 Å². The van der Waals surface area contributed by atoms with E-state index in [1.807, 2.05) is 11.9 Å². The molecule has 5 nitrogen and oxygen atoms in total. The fraction of sp³-hybridized carbons (Fsp3) is 0.650. The Balaban J connectivity index is 0.00000364. The molecule has 1 heterocycles. The maximum atomic E-state index is 13.6. The Morgan fingerprint density at radius 1 is 1.33 bits per heavy atom. The molecule has 0 amide bonds. The van der Waals surface area contributed by atoms with Crippen molar-refractivity contribution in [3.05, 3.63) is 30.1 Å². The SMILES string of the molecule is CCN1CCC(CCNC(=NC)N(C)CCOc2ccccc2F)CC1.I. The molecule has 0 aromatic heterocycles. The Bertz CT molecular complexity index is 565. The standard InChI is InChI=1S/C20H33FN4O.HI/c1-4-25-13-10-17(11-14-25)9-12-23-20(22-2)24(3)15-16-26-19-8-6-5-7-18(19)21;/h5-8,17H,4,9-16H2,1-3H3,(H,22,23);1H. The Morgan fingerprint density at radius 2 is 2.04 bits per heavy atom. The number of halogens is 2. The number of ether oxygens (including phenoxy) is 1. The zero-order valence-corrected chi connectivity index (χ0v) is 19.1. The molecule has 1 saturated heterocycles. The van der Waals surface area contributed by atoms with Gasteiger partial charge in [-0.1, -0.05) is 19.1 Å². The molecule has 7 heteroatoms. The van der Waals surface area contributed by atoms with E-state index in [9.17, 15) is 4.39 Å². The van der Waals surface area contributed by atoms with Crippen molar-refractivity contribution in [2.45, 2.75) is 26.2 Å². The van der Waals surface area contributed by atoms with Crippen molar-refractivity contribution in [3.63, 3.8) is 0 Å². The predicted molar refractivity (Wildman–Crippen MR) is 121 cm³/mol. The monoisotopic (exact) mass is 492 g/mol. The van der Waals surface area contributed by atoms with E-state index in [1.54, 1.807) is 25.2 Å². The number of hydrogen-bond donors (Lipinski definition) is 1. The van der Waals surface area contributed by atoms with E-state index in [0.29, 0.717) is 18.9 Å². The first-order valence-electron chi connectivity index (χ1n) is 9.65. The average molecular weight is 492 g/mol. The summed E-state index contributed by atoms with van der Waals surface area (Å²) in [6.07, 6.45) is 3.76. The van der Waals surface area contributed by atoms with Crippen LogP contribution in [0.5, 0.6) is 5.75 Å². The minimum Gasteiger partial charge on any atom is -0.489 e. The van der Waals surface area contributed by atoms with E-state index in [2.05, 4.69) is 22.1 Å². The lowest BCUT2D eigenvalue weighted by Crippen LogP contribution is -2.42. The zero-order valence-electron chi connectivity index (χ0n) is 16.8. The van der Waals surface area contributed by atoms with Crippen molar-refractivity contribution in [1.82, 2.24) is 15.1 Å². The normalized spacial score (nSPS) is 15.9. The Morgan fingerprint density at radius 3 is 2.67 bits per heavy atom. The molecule has 1 fully saturated rings. The molecule has 1 aromatic carbocycles. The van der Waals surface area contributed by atoms with Gasteiger partial charge < -0.3 is 19.9 Å². The highest BCUT2D eigenvalue weighted by Gasteiger charge is 2.17. The number of hydrogen-bond acceptors (Lipinski definition) is 3. The molecule has 0 aliphatic carbocycles. The van der Waals surface area contributed by atoms with Gasteiger partial charge in [-0.05, 0) is 56.9 Å². The summed E-state index contributed by atoms with van der Waals surface area (Å²) in [4.78, 5) is 8.87. The van der Waals surface area contributed by atoms with Gasteiger partial charge in [0.25, 0.3) is 0 Å². The number of rotatable bonds is 8. The van der Waals surface area contributed by atoms with E-state index in [-0.39, 0.29) is 29.8 Å². The molecule has 0 atom stereocenters. The molecule has 27 heavy (non-hydrogen) atoms. The highest BCUT2D eigenvalue weighted by atomic mass is 127. The topological polar surface area (TPSA) is 40.1 Å². The molecular weight excluding hydrogens is 458 g/mol. The molecule has 1 N–H and O–H groups in total. The van der Waals surface area contributed by atoms with Crippen LogP contribution < -0.4 is 10.1 Å². The molecule has 1 aliphatic heterocycles. The first-order chi connectivity index (χ1) is 12.6. The lowest BCUT2D eigenvalue weighted by atomic mass is 9.93. The van der Waals surface area contributed by atoms with Crippen molar-refractivity contribution >= 4 is 29.9 Å². The number of likely N-dealkylation sites (N-methyl/N-ethyl adjacent to an activating group) is 1. The Labute approximate surface area is 180 Å². The summed E-state index contributed by atoms with van der Waals surface area (Å²) >= 11 is 0. The summed E-state index contributed by atoms with van der Waals surface area (Å²) in [7, 11) is 3.76. The molecule has 0 spiro atoms. The molecule has 154 valence electrons. The minimum atomic E-state index is -0.327. The summed E-state index contributed by atoms with van der Waals surface area (Å²) < 4.78 is 19.1. The number of aliphatic imine (C=N–C) groups is 1. The van der Waals surface area contributed by atoms with Crippen LogP contribution in [-0.2, 0) is 0 Å². The first kappa shape index (κ1) is 23.9. The summed E-state index contributed by atoms with van der Waals surface area (Å²) in [6, 6.07) is 6.48. The maximum Gasteiger partial charge on any atom is 0.193 e. The third-order valence-electron chi connectivity index (χ3n) is 5.08. The number of guanidine groups is 1. The Hall–Kier alpha value is -1.09. The van der Waals surface area contributed by atoms with Gasteiger partial charge in [0.1, 0.15) is 6.61 Å². The molecule has 2 rings (SSSR count). The number of para-hydroxylation sites is 1. The van der Waals surface area contributed by atoms with Gasteiger partial charge in [0.15, 0.2) is 17.5 Å². The van der Waals surface area contributed by atoms with Crippen molar-refractivity contribution in [2.75, 3.05) is 53.4 Å². The number of benzene rings is 1. The number of piperidine rings is 1. The van der Waals surface area contributed by atoms with Crippen LogP contribution in [0.4, 0.5) is 4.39 Å². The molecule has 1 aliphatic rings. The molecule has 1 aromatic rings. The van der Waals surface area contributed by atoms with Crippen molar-refractivity contribution in [2.24, 2.45) is 10.9 Å². The second-order valence-corrected chi connectivity index (χ2v) is 6.84. The van der Waals surface area contributed by atoms with Crippen LogP contribution in [-0.4, -0.2) is 69.2 Å². The molecular formula is C20H34FIN4O. The zero-order chi connectivity index (χ0) is 18.8. The summed E-state index contributed by atoms with van der Waals surface area (Å²) in [5, 5.41) is 3.43. The lowest BCUT2D eigenvalue weighted by molar-refractivity contribution is 0.187. The summed E-state index contributed by atoms with van der Waals surface area (Å²) in [5.74, 6) is 1.63. The van der Waals surface area contributed by atoms with E-state index in [1.165, 1.54) is 38.4 Å². The lowest BCUT2D eigenvalue weighted by Gasteiger charge is -2.31. The first-order valence-corrected chi connectivity index (χ1v) is 9.65. The van der Waals surface area contributed by atoms with E-state index >= 15 is 0 Å². The van der Waals surface area contributed by atoms with Gasteiger partial charge in [-0.2, -0.15) is 0 Å². The van der Waals surface area contributed by atoms with Crippen LogP contribution in [0.25, 0.3) is 0 Å². The quantitative estimate of drug-likeness (QED) is 0.343. The molecule has 0 radical (unpaired) electrons. The second-order valence-electron chi connectivity index (χ2n) is 6.84. The minimum absolute atomic E-state index is 0. The summed E-state index contributed by atoms with van der Waals surface area (Å²) in [6.45, 7) is 7.83. The average Bonchev–Trinajstić information content (AvgIpc) is 2.67. The number of likely N-dealkylation sites (tertiary alicyclic amines) is 1. The maximum absolute atomic E-state index is 13.6. The third kappa shape index (κ3) is 8.21. The molecule has 0 unspecified atom stereocenters. The number of nitrogens with zero attached hydrogens (tertiary/aromatic N) is 3. The van der Waals surface area contributed by atoms with Gasteiger partial charge in [-0.15, -0.1) is 24.0 Å². The molecule has 0 saturated carbocycles. The van der Waals surface area contributed by atoms with Crippen LogP contribution >= 0.6 is 24.0 Å². The van der Waals surface area contributed by atoms with E-state index in [0.717, 1.165) is 25.0 Å². The third-order valence-corrected chi connectivity index (χ3v) is 5.08. The van der Waals surface area contributed by atoms with E-state index in [4.69, 9.17) is 4.74 Å². The fourth-order valence-electron chi connectivity index (χ4n) is 3.32. The highest BCUT2D eigenvalue weighted by Crippen LogP contribution is 2.19. The highest BCUT2D eigenvalue weighted by molar-refractivity contribution is 14.0. The van der Waals surface area contributed by atoms with Crippen LogP contribution in [0.1, 0.15) is 26.2 Å². The van der Waals surface area contributed by atoms with E-state index < -0.39 is 0 Å². The van der Waals surface area contributed by atoms with Crippen molar-refractivity contribution in [1.29, 1.82) is 0 Å². The van der Waals surface area contributed by atoms with Gasteiger partial charge in [-0.3, -0.25) is 4.99 Å².